The van der Waals surface area contributed by atoms with E-state index in [1.165, 1.54) is 41.3 Å². The fraction of sp³-hybridized carbons (Fsp3) is 0.581. The molecule has 3 aliphatic rings. The van der Waals surface area contributed by atoms with Crippen LogP contribution < -0.4 is 5.32 Å². The zero-order valence-electron chi connectivity index (χ0n) is 23.8. The maximum atomic E-state index is 13.4. The summed E-state index contributed by atoms with van der Waals surface area (Å²) in [5, 5.41) is 3.36. The second kappa shape index (κ2) is 14.6. The van der Waals surface area contributed by atoms with Crippen molar-refractivity contribution in [2.24, 2.45) is 5.92 Å². The lowest BCUT2D eigenvalue weighted by Crippen LogP contribution is -2.42. The molecule has 0 spiro atoms. The first-order valence-electron chi connectivity index (χ1n) is 15.0. The number of halogens is 3. The smallest absolute Gasteiger partial charge is 0.246 e. The van der Waals surface area contributed by atoms with Gasteiger partial charge >= 0.3 is 0 Å². The standard InChI is InChI=1S/C31H40Cl3N3O4S/c32-24-18-27(33)31(28(34)19-24)42(39,40)37(26-13-14-26)16-17-41-21-30(38)35-25-11-9-22(10-12-25)20-36-15-5-4-8-29(36)23-6-2-1-3-7-23/h1-3,6-7,18-19,22,25-26,29H,4-5,8-17,20-21H2,(H,35,38). The highest BCUT2D eigenvalue weighted by atomic mass is 35.5. The number of nitrogens with zero attached hydrogens (tertiary/aromatic N) is 2. The number of hydrogen-bond acceptors (Lipinski definition) is 5. The highest BCUT2D eigenvalue weighted by Gasteiger charge is 2.40. The Kier molecular flexibility index (Phi) is 11.1. The van der Waals surface area contributed by atoms with Crippen molar-refractivity contribution in [1.82, 2.24) is 14.5 Å². The number of piperidine rings is 1. The van der Waals surface area contributed by atoms with E-state index in [2.05, 4.69) is 40.5 Å². The van der Waals surface area contributed by atoms with Crippen molar-refractivity contribution in [3.63, 3.8) is 0 Å². The number of nitrogens with one attached hydrogen (secondary N) is 1. The summed E-state index contributed by atoms with van der Waals surface area (Å²) < 4.78 is 33.7. The summed E-state index contributed by atoms with van der Waals surface area (Å²) in [5.41, 5.74) is 1.42. The van der Waals surface area contributed by atoms with Gasteiger partial charge in [-0.25, -0.2) is 8.42 Å². The molecule has 1 aliphatic heterocycles. The number of rotatable bonds is 12. The van der Waals surface area contributed by atoms with Gasteiger partial charge in [-0.05, 0) is 81.5 Å². The minimum Gasteiger partial charge on any atom is -0.370 e. The van der Waals surface area contributed by atoms with Gasteiger partial charge in [-0.15, -0.1) is 0 Å². The molecule has 11 heteroatoms. The Labute approximate surface area is 264 Å². The van der Waals surface area contributed by atoms with Gasteiger partial charge in [0, 0.05) is 36.2 Å². The van der Waals surface area contributed by atoms with Crippen molar-refractivity contribution >= 4 is 50.7 Å². The van der Waals surface area contributed by atoms with E-state index in [1.807, 2.05) is 0 Å². The van der Waals surface area contributed by atoms with Crippen LogP contribution in [-0.4, -0.2) is 68.5 Å². The van der Waals surface area contributed by atoms with Crippen LogP contribution in [0.25, 0.3) is 0 Å². The number of benzene rings is 2. The van der Waals surface area contributed by atoms with Crippen molar-refractivity contribution in [3.8, 4) is 0 Å². The fourth-order valence-electron chi connectivity index (χ4n) is 6.43. The molecule has 0 bridgehead atoms. The quantitative estimate of drug-likeness (QED) is 0.257. The van der Waals surface area contributed by atoms with Crippen LogP contribution in [0.5, 0.6) is 0 Å². The first-order valence-corrected chi connectivity index (χ1v) is 17.6. The van der Waals surface area contributed by atoms with Gasteiger partial charge in [0.25, 0.3) is 0 Å². The van der Waals surface area contributed by atoms with Crippen LogP contribution in [0.1, 0.15) is 69.4 Å². The zero-order chi connectivity index (χ0) is 29.7. The van der Waals surface area contributed by atoms with E-state index in [0.717, 1.165) is 51.6 Å². The van der Waals surface area contributed by atoms with Gasteiger partial charge in [0.15, 0.2) is 0 Å². The van der Waals surface area contributed by atoms with Crippen LogP contribution >= 0.6 is 34.8 Å². The third-order valence-corrected chi connectivity index (χ3v) is 11.8. The van der Waals surface area contributed by atoms with Crippen LogP contribution in [0.4, 0.5) is 0 Å². The minimum atomic E-state index is -3.95. The van der Waals surface area contributed by atoms with Crippen molar-refractivity contribution in [2.45, 2.75) is 80.8 Å². The minimum absolute atomic E-state index is 0.0138. The van der Waals surface area contributed by atoms with E-state index in [-0.39, 0.29) is 57.7 Å². The molecule has 3 fully saturated rings. The number of carbonyl (C=O) groups is 1. The molecule has 2 saturated carbocycles. The molecule has 2 aromatic carbocycles. The van der Waals surface area contributed by atoms with Crippen molar-refractivity contribution in [3.05, 3.63) is 63.1 Å². The number of ether oxygens (including phenoxy) is 1. The lowest BCUT2D eigenvalue weighted by molar-refractivity contribution is -0.126. The number of carbonyl (C=O) groups excluding carboxylic acids is 1. The molecule has 1 atom stereocenters. The Morgan fingerprint density at radius 3 is 2.31 bits per heavy atom. The Hall–Kier alpha value is -1.39. The topological polar surface area (TPSA) is 78.9 Å². The average Bonchev–Trinajstić information content (AvgIpc) is 3.79. The third-order valence-electron chi connectivity index (χ3n) is 8.68. The van der Waals surface area contributed by atoms with E-state index in [0.29, 0.717) is 12.0 Å². The van der Waals surface area contributed by atoms with E-state index in [9.17, 15) is 13.2 Å². The van der Waals surface area contributed by atoms with Gasteiger partial charge in [0.2, 0.25) is 15.9 Å². The maximum Gasteiger partial charge on any atom is 0.246 e. The summed E-state index contributed by atoms with van der Waals surface area (Å²) in [6.07, 6.45) is 9.45. The van der Waals surface area contributed by atoms with Crippen molar-refractivity contribution < 1.29 is 17.9 Å². The van der Waals surface area contributed by atoms with Gasteiger partial charge in [0.05, 0.1) is 16.7 Å². The Balaban J connectivity index is 1.04. The Bertz CT molecular complexity index is 1290. The predicted molar refractivity (Wildman–Crippen MR) is 168 cm³/mol. The molecule has 2 aromatic rings. The average molecular weight is 657 g/mol. The summed E-state index contributed by atoms with van der Waals surface area (Å²) in [6.45, 7) is 2.38. The molecule has 1 N–H and O–H groups in total. The van der Waals surface area contributed by atoms with E-state index in [1.54, 1.807) is 0 Å². The Morgan fingerprint density at radius 1 is 0.952 bits per heavy atom. The molecule has 230 valence electrons. The van der Waals surface area contributed by atoms with E-state index < -0.39 is 10.0 Å². The maximum absolute atomic E-state index is 13.4. The van der Waals surface area contributed by atoms with Crippen LogP contribution in [0.2, 0.25) is 15.1 Å². The summed E-state index contributed by atoms with van der Waals surface area (Å²) in [5.74, 6) is 0.486. The molecule has 0 radical (unpaired) electrons. The van der Waals surface area contributed by atoms with Crippen LogP contribution in [0, 0.1) is 5.92 Å². The second-order valence-corrected chi connectivity index (χ2v) is 14.9. The van der Waals surface area contributed by atoms with Gasteiger partial charge < -0.3 is 10.1 Å². The molecule has 0 aromatic heterocycles. The van der Waals surface area contributed by atoms with Gasteiger partial charge in [-0.1, -0.05) is 71.6 Å². The van der Waals surface area contributed by atoms with Gasteiger partial charge in [-0.2, -0.15) is 4.31 Å². The molecular formula is C31H40Cl3N3O4S. The van der Waals surface area contributed by atoms with E-state index >= 15 is 0 Å². The van der Waals surface area contributed by atoms with Crippen LogP contribution in [0.3, 0.4) is 0 Å². The normalized spacial score (nSPS) is 23.7. The predicted octanol–water partition coefficient (Wildman–Crippen LogP) is 6.72. The monoisotopic (exact) mass is 655 g/mol. The van der Waals surface area contributed by atoms with Gasteiger partial charge in [0.1, 0.15) is 11.5 Å². The molecular weight excluding hydrogens is 617 g/mol. The highest BCUT2D eigenvalue weighted by Crippen LogP contribution is 2.39. The molecule has 1 amide bonds. The third kappa shape index (κ3) is 8.20. The number of amides is 1. The van der Waals surface area contributed by atoms with Crippen LogP contribution in [0.15, 0.2) is 47.4 Å². The number of hydrogen-bond donors (Lipinski definition) is 1. The fourth-order valence-corrected chi connectivity index (χ4v) is 9.59. The van der Waals surface area contributed by atoms with Crippen molar-refractivity contribution in [1.29, 1.82) is 0 Å². The van der Waals surface area contributed by atoms with Crippen LogP contribution in [-0.2, 0) is 19.6 Å². The number of likely N-dealkylation sites (tertiary alicyclic amines) is 1. The number of sulfonamides is 1. The second-order valence-electron chi connectivity index (χ2n) is 11.8. The van der Waals surface area contributed by atoms with Crippen molar-refractivity contribution in [2.75, 3.05) is 32.8 Å². The molecule has 1 heterocycles. The summed E-state index contributed by atoms with van der Waals surface area (Å²) in [7, 11) is -3.95. The summed E-state index contributed by atoms with van der Waals surface area (Å²) in [6, 6.07) is 14.2. The summed E-state index contributed by atoms with van der Waals surface area (Å²) in [4.78, 5) is 15.1. The molecule has 7 nitrogen and oxygen atoms in total. The SMILES string of the molecule is O=C(COCCN(C1CC1)S(=O)(=O)c1c(Cl)cc(Cl)cc1Cl)NC1CCC(CN2CCCCC2c2ccccc2)CC1. The summed E-state index contributed by atoms with van der Waals surface area (Å²) >= 11 is 18.4. The Morgan fingerprint density at radius 2 is 1.64 bits per heavy atom. The molecule has 5 rings (SSSR count). The van der Waals surface area contributed by atoms with E-state index in [4.69, 9.17) is 39.5 Å². The molecule has 1 unspecified atom stereocenters. The molecule has 1 saturated heterocycles. The first-order chi connectivity index (χ1) is 20.2. The zero-order valence-corrected chi connectivity index (χ0v) is 26.9. The highest BCUT2D eigenvalue weighted by molar-refractivity contribution is 7.89. The lowest BCUT2D eigenvalue weighted by atomic mass is 9.84. The lowest BCUT2D eigenvalue weighted by Gasteiger charge is -2.40. The van der Waals surface area contributed by atoms with Gasteiger partial charge in [-0.3, -0.25) is 9.69 Å². The molecule has 42 heavy (non-hydrogen) atoms. The molecule has 2 aliphatic carbocycles. The largest absolute Gasteiger partial charge is 0.370 e. The first kappa shape index (κ1) is 32.0.